The maximum absolute atomic E-state index is 12.9. The van der Waals surface area contributed by atoms with Gasteiger partial charge in [-0.25, -0.2) is 0 Å². The number of nitrogens with zero attached hydrogens (tertiary/aromatic N) is 1. The van der Waals surface area contributed by atoms with Gasteiger partial charge in [0, 0.05) is 18.5 Å². The molecule has 27 heavy (non-hydrogen) atoms. The van der Waals surface area contributed by atoms with Crippen LogP contribution in [0.5, 0.6) is 0 Å². The molecule has 0 spiro atoms. The molecule has 0 amide bonds. The van der Waals surface area contributed by atoms with Crippen molar-refractivity contribution in [3.8, 4) is 0 Å². The molecule has 5 heteroatoms. The summed E-state index contributed by atoms with van der Waals surface area (Å²) in [5, 5.41) is 0. The molecule has 148 valence electrons. The first kappa shape index (κ1) is 19.9. The van der Waals surface area contributed by atoms with Crippen molar-refractivity contribution in [2.24, 2.45) is 0 Å². The van der Waals surface area contributed by atoms with E-state index in [1.54, 1.807) is 0 Å². The van der Waals surface area contributed by atoms with Gasteiger partial charge in [-0.15, -0.1) is 0 Å². The van der Waals surface area contributed by atoms with E-state index in [0.717, 1.165) is 31.2 Å². The number of esters is 2. The van der Waals surface area contributed by atoms with E-state index in [-0.39, 0.29) is 24.6 Å². The summed E-state index contributed by atoms with van der Waals surface area (Å²) < 4.78 is 11.3. The highest BCUT2D eigenvalue weighted by atomic mass is 16.6. The van der Waals surface area contributed by atoms with Gasteiger partial charge in [-0.05, 0) is 44.7 Å². The zero-order valence-electron chi connectivity index (χ0n) is 16.4. The van der Waals surface area contributed by atoms with Crippen molar-refractivity contribution in [2.45, 2.75) is 76.0 Å². The molecule has 2 bridgehead atoms. The summed E-state index contributed by atoms with van der Waals surface area (Å²) in [4.78, 5) is 27.3. The number of piperidine rings is 1. The first-order valence-electron chi connectivity index (χ1n) is 10.2. The summed E-state index contributed by atoms with van der Waals surface area (Å²) in [7, 11) is 2.17. The number of benzene rings is 1. The Hall–Kier alpha value is -1.88. The average molecular weight is 373 g/mol. The van der Waals surface area contributed by atoms with Crippen LogP contribution in [0, 0.1) is 0 Å². The lowest BCUT2D eigenvalue weighted by Gasteiger charge is -2.36. The van der Waals surface area contributed by atoms with Gasteiger partial charge in [-0.2, -0.15) is 0 Å². The van der Waals surface area contributed by atoms with E-state index in [9.17, 15) is 9.59 Å². The molecular formula is C22H31NO4. The summed E-state index contributed by atoms with van der Waals surface area (Å²) in [6.45, 7) is 2.08. The van der Waals surface area contributed by atoms with Gasteiger partial charge in [0.2, 0.25) is 0 Å². The van der Waals surface area contributed by atoms with E-state index in [4.69, 9.17) is 9.47 Å². The minimum atomic E-state index is -0.561. The van der Waals surface area contributed by atoms with Crippen LogP contribution >= 0.6 is 0 Å². The van der Waals surface area contributed by atoms with E-state index in [0.29, 0.717) is 18.5 Å². The van der Waals surface area contributed by atoms with E-state index < -0.39 is 5.92 Å². The van der Waals surface area contributed by atoms with Crippen molar-refractivity contribution in [2.75, 3.05) is 13.7 Å². The summed E-state index contributed by atoms with van der Waals surface area (Å²) in [6, 6.07) is 10.5. The van der Waals surface area contributed by atoms with Crippen LogP contribution in [0.1, 0.15) is 63.4 Å². The Balaban J connectivity index is 1.61. The highest BCUT2D eigenvalue weighted by Crippen LogP contribution is 2.36. The standard InChI is InChI=1S/C22H31NO4/c1-3-4-10-21(24)26-15-20(16-8-6-5-7-9-16)22(25)27-19-13-17-11-12-18(14-19)23(17)2/h5-9,17-20H,3-4,10-15H2,1-2H3. The van der Waals surface area contributed by atoms with Gasteiger partial charge >= 0.3 is 11.9 Å². The average Bonchev–Trinajstić information content (AvgIpc) is 2.88. The van der Waals surface area contributed by atoms with Crippen LogP contribution in [0.3, 0.4) is 0 Å². The number of hydrogen-bond donors (Lipinski definition) is 0. The normalized spacial score (nSPS) is 25.8. The first-order valence-corrected chi connectivity index (χ1v) is 10.2. The predicted molar refractivity (Wildman–Crippen MR) is 103 cm³/mol. The maximum Gasteiger partial charge on any atom is 0.317 e. The third kappa shape index (κ3) is 5.10. The molecule has 3 rings (SSSR count). The Bertz CT molecular complexity index is 618. The lowest BCUT2D eigenvalue weighted by molar-refractivity contribution is -0.158. The number of hydrogen-bond acceptors (Lipinski definition) is 5. The summed E-state index contributed by atoms with van der Waals surface area (Å²) >= 11 is 0. The summed E-state index contributed by atoms with van der Waals surface area (Å²) in [5.74, 6) is -1.09. The minimum Gasteiger partial charge on any atom is -0.464 e. The van der Waals surface area contributed by atoms with Crippen molar-refractivity contribution >= 4 is 11.9 Å². The molecule has 3 unspecified atom stereocenters. The molecule has 2 aliphatic rings. The fraction of sp³-hybridized carbons (Fsp3) is 0.636. The Labute approximate surface area is 162 Å². The zero-order chi connectivity index (χ0) is 19.2. The molecule has 2 aliphatic heterocycles. The topological polar surface area (TPSA) is 55.8 Å². The lowest BCUT2D eigenvalue weighted by atomic mass is 9.98. The molecule has 0 saturated carbocycles. The van der Waals surface area contributed by atoms with Crippen LogP contribution in [0.2, 0.25) is 0 Å². The van der Waals surface area contributed by atoms with Crippen LogP contribution in [0.25, 0.3) is 0 Å². The van der Waals surface area contributed by atoms with Crippen LogP contribution < -0.4 is 0 Å². The van der Waals surface area contributed by atoms with Crippen LogP contribution in [-0.2, 0) is 19.1 Å². The van der Waals surface area contributed by atoms with E-state index in [1.807, 2.05) is 37.3 Å². The fourth-order valence-electron chi connectivity index (χ4n) is 4.26. The van der Waals surface area contributed by atoms with E-state index in [1.165, 1.54) is 12.8 Å². The Kier molecular flexibility index (Phi) is 6.89. The second-order valence-electron chi connectivity index (χ2n) is 7.83. The number of carbonyl (C=O) groups is 2. The third-order valence-corrected chi connectivity index (χ3v) is 5.97. The maximum atomic E-state index is 12.9. The molecule has 0 aromatic heterocycles. The Morgan fingerprint density at radius 2 is 1.81 bits per heavy atom. The van der Waals surface area contributed by atoms with E-state index in [2.05, 4.69) is 11.9 Å². The Morgan fingerprint density at radius 1 is 1.15 bits per heavy atom. The highest BCUT2D eigenvalue weighted by Gasteiger charge is 2.40. The molecule has 1 aromatic rings. The smallest absolute Gasteiger partial charge is 0.317 e. The van der Waals surface area contributed by atoms with Crippen LogP contribution in [-0.4, -0.2) is 48.7 Å². The van der Waals surface area contributed by atoms with E-state index >= 15 is 0 Å². The van der Waals surface area contributed by atoms with Gasteiger partial charge in [-0.3, -0.25) is 9.59 Å². The van der Waals surface area contributed by atoms with Gasteiger partial charge in [0.15, 0.2) is 0 Å². The molecule has 0 N–H and O–H groups in total. The van der Waals surface area contributed by atoms with Gasteiger partial charge in [0.1, 0.15) is 18.6 Å². The van der Waals surface area contributed by atoms with Crippen LogP contribution in [0.15, 0.2) is 30.3 Å². The first-order chi connectivity index (χ1) is 13.1. The largest absolute Gasteiger partial charge is 0.464 e. The molecule has 0 aliphatic carbocycles. The van der Waals surface area contributed by atoms with Gasteiger partial charge in [0.05, 0.1) is 0 Å². The molecular weight excluding hydrogens is 342 g/mol. The highest BCUT2D eigenvalue weighted by molar-refractivity contribution is 5.79. The zero-order valence-corrected chi connectivity index (χ0v) is 16.4. The molecule has 5 nitrogen and oxygen atoms in total. The van der Waals surface area contributed by atoms with Gasteiger partial charge < -0.3 is 14.4 Å². The number of fused-ring (bicyclic) bond motifs is 2. The lowest BCUT2D eigenvalue weighted by Crippen LogP contribution is -2.44. The number of carbonyl (C=O) groups excluding carboxylic acids is 2. The fourth-order valence-corrected chi connectivity index (χ4v) is 4.26. The summed E-state index contributed by atoms with van der Waals surface area (Å²) in [5.41, 5.74) is 0.835. The summed E-state index contributed by atoms with van der Waals surface area (Å²) in [6.07, 6.45) is 6.28. The monoisotopic (exact) mass is 373 g/mol. The minimum absolute atomic E-state index is 0.0341. The van der Waals surface area contributed by atoms with Crippen molar-refractivity contribution in [3.05, 3.63) is 35.9 Å². The van der Waals surface area contributed by atoms with Crippen molar-refractivity contribution < 1.29 is 19.1 Å². The predicted octanol–water partition coefficient (Wildman–Crippen LogP) is 3.67. The number of rotatable bonds is 8. The van der Waals surface area contributed by atoms with Crippen molar-refractivity contribution in [1.29, 1.82) is 0 Å². The van der Waals surface area contributed by atoms with Crippen molar-refractivity contribution in [3.63, 3.8) is 0 Å². The van der Waals surface area contributed by atoms with Crippen LogP contribution in [0.4, 0.5) is 0 Å². The second-order valence-corrected chi connectivity index (χ2v) is 7.83. The van der Waals surface area contributed by atoms with Crippen molar-refractivity contribution in [1.82, 2.24) is 4.90 Å². The second kappa shape index (κ2) is 9.36. The molecule has 0 radical (unpaired) electrons. The number of unbranched alkanes of at least 4 members (excludes halogenated alkanes) is 1. The molecule has 2 heterocycles. The van der Waals surface area contributed by atoms with Gasteiger partial charge in [0.25, 0.3) is 0 Å². The molecule has 2 saturated heterocycles. The molecule has 3 atom stereocenters. The number of ether oxygens (including phenoxy) is 2. The molecule has 2 fully saturated rings. The third-order valence-electron chi connectivity index (χ3n) is 5.97. The Morgan fingerprint density at radius 3 is 2.44 bits per heavy atom. The SMILES string of the molecule is CCCCC(=O)OCC(C(=O)OC1CC2CCC(C1)N2C)c1ccccc1. The van der Waals surface area contributed by atoms with Gasteiger partial charge in [-0.1, -0.05) is 43.7 Å². The quantitative estimate of drug-likeness (QED) is 0.651. The molecule has 1 aromatic carbocycles.